The number of H-pyrrole nitrogens is 1. The van der Waals surface area contributed by atoms with Gasteiger partial charge in [-0.2, -0.15) is 5.26 Å². The molecule has 1 saturated heterocycles. The number of Topliss-reactive ketones (excluding diaryl/α,β-unsaturated/α-hetero) is 1. The number of carbonyl (C=O) groups excluding carboxylic acids is 3. The van der Waals surface area contributed by atoms with Crippen molar-refractivity contribution in [2.75, 3.05) is 31.9 Å². The zero-order chi connectivity index (χ0) is 30.8. The number of aromatic amines is 1. The highest BCUT2D eigenvalue weighted by Crippen LogP contribution is 2.25. The predicted molar refractivity (Wildman–Crippen MR) is 166 cm³/mol. The second-order valence-electron chi connectivity index (χ2n) is 9.36. The maximum Gasteiger partial charge on any atom is 0.253 e. The molecule has 1 aliphatic rings. The number of hydrogen-bond acceptors (Lipinski definition) is 6. The lowest BCUT2D eigenvalue weighted by Gasteiger charge is -2.18. The first-order valence-electron chi connectivity index (χ1n) is 14.0. The van der Waals surface area contributed by atoms with E-state index in [9.17, 15) is 18.8 Å². The van der Waals surface area contributed by atoms with E-state index in [0.29, 0.717) is 54.0 Å². The van der Waals surface area contributed by atoms with Crippen LogP contribution in [0.5, 0.6) is 0 Å². The van der Waals surface area contributed by atoms with Gasteiger partial charge in [0.05, 0.1) is 18.2 Å². The van der Waals surface area contributed by atoms with Crippen LogP contribution in [0.1, 0.15) is 79.7 Å². The average Bonchev–Trinajstić information content (AvgIpc) is 3.24. The first-order valence-corrected chi connectivity index (χ1v) is 15.0. The fourth-order valence-electron chi connectivity index (χ4n) is 4.30. The molecule has 0 aromatic carbocycles. The summed E-state index contributed by atoms with van der Waals surface area (Å²) in [7, 11) is 0. The molecule has 1 aromatic rings. The molecular formula is C31H44FN5O3S. The summed E-state index contributed by atoms with van der Waals surface area (Å²) in [5, 5.41) is 14.8. The monoisotopic (exact) mass is 585 g/mol. The lowest BCUT2D eigenvalue weighted by molar-refractivity contribution is -0.125. The van der Waals surface area contributed by atoms with Gasteiger partial charge in [-0.3, -0.25) is 18.7 Å². The molecule has 0 saturated carbocycles. The van der Waals surface area contributed by atoms with Crippen LogP contribution < -0.4 is 10.6 Å². The minimum absolute atomic E-state index is 0.0313. The van der Waals surface area contributed by atoms with Gasteiger partial charge in [0.2, 0.25) is 5.91 Å². The van der Waals surface area contributed by atoms with Gasteiger partial charge in [-0.25, -0.2) is 4.39 Å². The number of nitrogens with one attached hydrogen (secondary N) is 3. The summed E-state index contributed by atoms with van der Waals surface area (Å²) in [5.74, 6) is 0.0760. The fourth-order valence-corrected chi connectivity index (χ4v) is 5.27. The predicted octanol–water partition coefficient (Wildman–Crippen LogP) is 5.88. The topological polar surface area (TPSA) is 118 Å². The van der Waals surface area contributed by atoms with Gasteiger partial charge in [-0.15, -0.1) is 13.2 Å². The van der Waals surface area contributed by atoms with Gasteiger partial charge in [-0.05, 0) is 74.4 Å². The van der Waals surface area contributed by atoms with Gasteiger partial charge in [0.1, 0.15) is 12.4 Å². The molecule has 2 heterocycles. The summed E-state index contributed by atoms with van der Waals surface area (Å²) in [4.78, 5) is 40.6. The SMILES string of the molecule is C=C.CC\C=C(F)/C=C1\CNCC(=O)\C1=C/c1[nH]c(C)c(C(=O)NCCCCCCSN(CC#N)C(=O)CC)c1C. The maximum absolute atomic E-state index is 14.1. The molecule has 0 spiro atoms. The number of carbonyl (C=O) groups is 3. The molecule has 10 heteroatoms. The van der Waals surface area contributed by atoms with Crippen molar-refractivity contribution < 1.29 is 18.8 Å². The van der Waals surface area contributed by atoms with Gasteiger partial charge >= 0.3 is 0 Å². The number of aromatic nitrogens is 1. The average molecular weight is 586 g/mol. The molecule has 224 valence electrons. The Hall–Kier alpha value is -3.42. The number of aryl methyl sites for hydroxylation is 1. The Bertz CT molecular complexity index is 1180. The van der Waals surface area contributed by atoms with E-state index in [4.69, 9.17) is 5.26 Å². The van der Waals surface area contributed by atoms with E-state index in [2.05, 4.69) is 28.8 Å². The summed E-state index contributed by atoms with van der Waals surface area (Å²) < 4.78 is 15.7. The number of nitriles is 1. The highest BCUT2D eigenvalue weighted by molar-refractivity contribution is 7.97. The Morgan fingerprint density at radius 1 is 1.17 bits per heavy atom. The minimum Gasteiger partial charge on any atom is -0.358 e. The molecule has 1 fully saturated rings. The third kappa shape index (κ3) is 11.5. The summed E-state index contributed by atoms with van der Waals surface area (Å²) >= 11 is 1.40. The van der Waals surface area contributed by atoms with Crippen LogP contribution >= 0.6 is 11.9 Å². The van der Waals surface area contributed by atoms with E-state index in [-0.39, 0.29) is 36.5 Å². The van der Waals surface area contributed by atoms with Crippen molar-refractivity contribution in [1.29, 1.82) is 5.26 Å². The van der Waals surface area contributed by atoms with Gasteiger partial charge in [0.15, 0.2) is 5.78 Å². The van der Waals surface area contributed by atoms with E-state index in [1.807, 2.05) is 26.8 Å². The third-order valence-corrected chi connectivity index (χ3v) is 7.46. The second-order valence-corrected chi connectivity index (χ2v) is 10.5. The number of allylic oxidation sites excluding steroid dienone is 3. The summed E-state index contributed by atoms with van der Waals surface area (Å²) in [6.07, 6.45) is 9.19. The van der Waals surface area contributed by atoms with Crippen LogP contribution in [0.3, 0.4) is 0 Å². The summed E-state index contributed by atoms with van der Waals surface area (Å²) in [5.41, 5.74) is 3.70. The number of halogens is 1. The van der Waals surface area contributed by atoms with Crippen molar-refractivity contribution >= 4 is 35.6 Å². The molecule has 2 rings (SSSR count). The summed E-state index contributed by atoms with van der Waals surface area (Å²) in [6.45, 7) is 14.5. The van der Waals surface area contributed by atoms with Crippen molar-refractivity contribution in [3.05, 3.63) is 64.8 Å². The Morgan fingerprint density at radius 2 is 1.88 bits per heavy atom. The lowest BCUT2D eigenvalue weighted by atomic mass is 9.95. The number of piperidine rings is 1. The van der Waals surface area contributed by atoms with Crippen molar-refractivity contribution in [3.63, 3.8) is 0 Å². The van der Waals surface area contributed by atoms with Gasteiger partial charge in [0.25, 0.3) is 5.91 Å². The molecule has 0 bridgehead atoms. The Morgan fingerprint density at radius 3 is 2.54 bits per heavy atom. The summed E-state index contributed by atoms with van der Waals surface area (Å²) in [6, 6.07) is 2.02. The minimum atomic E-state index is -0.374. The number of nitrogens with zero attached hydrogens (tertiary/aromatic N) is 2. The molecule has 8 nitrogen and oxygen atoms in total. The molecule has 2 amide bonds. The quantitative estimate of drug-likeness (QED) is 0.0825. The molecular weight excluding hydrogens is 541 g/mol. The first kappa shape index (κ1) is 35.6. The van der Waals surface area contributed by atoms with Crippen molar-refractivity contribution in [2.45, 2.75) is 66.2 Å². The number of ketones is 1. The van der Waals surface area contributed by atoms with E-state index in [0.717, 1.165) is 37.0 Å². The largest absolute Gasteiger partial charge is 0.358 e. The van der Waals surface area contributed by atoms with Gasteiger partial charge < -0.3 is 15.6 Å². The van der Waals surface area contributed by atoms with Crippen LogP contribution in [0.2, 0.25) is 0 Å². The molecule has 0 aliphatic carbocycles. The molecule has 0 atom stereocenters. The number of hydrogen-bond donors (Lipinski definition) is 3. The van der Waals surface area contributed by atoms with E-state index in [1.165, 1.54) is 28.4 Å². The van der Waals surface area contributed by atoms with Gasteiger partial charge in [0, 0.05) is 42.2 Å². The highest BCUT2D eigenvalue weighted by Gasteiger charge is 2.23. The van der Waals surface area contributed by atoms with Gasteiger partial charge in [-0.1, -0.05) is 26.7 Å². The Labute approximate surface area is 248 Å². The van der Waals surface area contributed by atoms with Crippen molar-refractivity contribution in [1.82, 2.24) is 19.9 Å². The smallest absolute Gasteiger partial charge is 0.253 e. The van der Waals surface area contributed by atoms with E-state index >= 15 is 0 Å². The van der Waals surface area contributed by atoms with Crippen LogP contribution in [0.25, 0.3) is 6.08 Å². The van der Waals surface area contributed by atoms with Crippen LogP contribution in [0, 0.1) is 25.2 Å². The number of unbranched alkanes of at least 4 members (excludes halogenated alkanes) is 3. The zero-order valence-corrected chi connectivity index (χ0v) is 25.6. The van der Waals surface area contributed by atoms with E-state index < -0.39 is 0 Å². The molecule has 41 heavy (non-hydrogen) atoms. The van der Waals surface area contributed by atoms with Crippen molar-refractivity contribution in [3.8, 4) is 6.07 Å². The first-order chi connectivity index (χ1) is 19.7. The fraction of sp³-hybridized carbons (Fsp3) is 0.484. The normalized spacial score (nSPS) is 15.3. The molecule has 0 radical (unpaired) electrons. The molecule has 3 N–H and O–H groups in total. The Balaban J connectivity index is 0.00000411. The van der Waals surface area contributed by atoms with Crippen LogP contribution in [0.4, 0.5) is 4.39 Å². The molecule has 1 aromatic heterocycles. The van der Waals surface area contributed by atoms with Crippen LogP contribution in [0.15, 0.2) is 42.3 Å². The van der Waals surface area contributed by atoms with Crippen LogP contribution in [-0.4, -0.2) is 58.8 Å². The Kier molecular flexibility index (Phi) is 17.0. The molecule has 0 unspecified atom stereocenters. The third-order valence-electron chi connectivity index (χ3n) is 6.35. The number of rotatable bonds is 14. The zero-order valence-electron chi connectivity index (χ0n) is 24.8. The lowest BCUT2D eigenvalue weighted by Crippen LogP contribution is -2.33. The van der Waals surface area contributed by atoms with Crippen LogP contribution in [-0.2, 0) is 9.59 Å². The number of amides is 2. The maximum atomic E-state index is 14.1. The second kappa shape index (κ2) is 19.6. The van der Waals surface area contributed by atoms with Crippen molar-refractivity contribution in [2.24, 2.45) is 0 Å². The molecule has 1 aliphatic heterocycles. The highest BCUT2D eigenvalue weighted by atomic mass is 32.2. The van der Waals surface area contributed by atoms with E-state index in [1.54, 1.807) is 13.0 Å². The standard InChI is InChI=1S/C29H40FN5O3S.C2H4/c1-5-11-23(30)16-22-18-32-19-26(36)24(22)17-25-20(3)28(21(4)34-25)29(38)33-13-9-7-8-10-15-39-35(14-12-31)27(37)6-2;1-2/h11,16-17,32,34H,5-10,13-15,18-19H2,1-4H3,(H,33,38);1-2H2/b22-16+,23-11+,24-17-;.